The maximum absolute atomic E-state index is 9.98. The molecule has 1 aromatic rings. The quantitative estimate of drug-likeness (QED) is 0.771. The van der Waals surface area contributed by atoms with Crippen LogP contribution in [0.2, 0.25) is 0 Å². The lowest BCUT2D eigenvalue weighted by atomic mass is 9.95. The second-order valence-corrected chi connectivity index (χ2v) is 5.68. The highest BCUT2D eigenvalue weighted by atomic mass is 79.9. The number of rotatable bonds is 5. The monoisotopic (exact) mass is 337 g/mol. The van der Waals surface area contributed by atoms with Crippen LogP contribution in [0.1, 0.15) is 38.3 Å². The topological polar surface area (TPSA) is 66.5 Å². The van der Waals surface area contributed by atoms with Gasteiger partial charge < -0.3 is 15.9 Å². The Morgan fingerprint density at radius 1 is 1.28 bits per heavy atom. The Bertz CT molecular complexity index is 374. The van der Waals surface area contributed by atoms with Gasteiger partial charge in [-0.25, -0.2) is 0 Å². The van der Waals surface area contributed by atoms with Gasteiger partial charge in [-0.2, -0.15) is 0 Å². The van der Waals surface area contributed by atoms with E-state index in [1.165, 1.54) is 0 Å². The number of hydrogen-bond donors (Lipinski definition) is 3. The summed E-state index contributed by atoms with van der Waals surface area (Å²) in [4.78, 5) is 0. The number of benzene rings is 1. The SMILES string of the molecule is CC(C)CC[C@@H](O)[C@@H](N)c1cc(Br)ccc1O.Cl. The number of aliphatic hydroxyl groups is 1. The molecule has 0 fully saturated rings. The van der Waals surface area contributed by atoms with Gasteiger partial charge in [0.25, 0.3) is 0 Å². The van der Waals surface area contributed by atoms with Crippen LogP contribution < -0.4 is 5.73 Å². The standard InChI is InChI=1S/C13H20BrNO2.ClH/c1-8(2)3-5-12(17)13(15)10-7-9(14)4-6-11(10)16;/h4,6-8,12-13,16-17H,3,5,15H2,1-2H3;1H/t12-,13+;/m1./s1. The Kier molecular flexibility index (Phi) is 7.87. The molecule has 0 aliphatic heterocycles. The lowest BCUT2D eigenvalue weighted by Gasteiger charge is -2.21. The van der Waals surface area contributed by atoms with Crippen LogP contribution in [0.4, 0.5) is 0 Å². The van der Waals surface area contributed by atoms with Gasteiger partial charge in [0.15, 0.2) is 0 Å². The molecule has 0 spiro atoms. The molecule has 1 rings (SSSR count). The molecule has 4 N–H and O–H groups in total. The van der Waals surface area contributed by atoms with Crippen molar-refractivity contribution < 1.29 is 10.2 Å². The summed E-state index contributed by atoms with van der Waals surface area (Å²) in [6.45, 7) is 4.21. The molecule has 2 atom stereocenters. The molecule has 0 aliphatic rings. The molecule has 0 bridgehead atoms. The van der Waals surface area contributed by atoms with Crippen LogP contribution in [0, 0.1) is 5.92 Å². The first kappa shape index (κ1) is 17.7. The van der Waals surface area contributed by atoms with Crippen molar-refractivity contribution in [2.75, 3.05) is 0 Å². The van der Waals surface area contributed by atoms with E-state index in [1.807, 2.05) is 0 Å². The molecule has 5 heteroatoms. The van der Waals surface area contributed by atoms with E-state index in [4.69, 9.17) is 5.73 Å². The van der Waals surface area contributed by atoms with Crippen LogP contribution in [0.3, 0.4) is 0 Å². The third kappa shape index (κ3) is 5.14. The van der Waals surface area contributed by atoms with Gasteiger partial charge in [-0.15, -0.1) is 12.4 Å². The van der Waals surface area contributed by atoms with Crippen LogP contribution in [0.5, 0.6) is 5.75 Å². The molecule has 0 aromatic heterocycles. The van der Waals surface area contributed by atoms with Crippen molar-refractivity contribution in [1.82, 2.24) is 0 Å². The highest BCUT2D eigenvalue weighted by Crippen LogP contribution is 2.29. The molecule has 0 radical (unpaired) electrons. The first-order valence-electron chi connectivity index (χ1n) is 5.84. The average molecular weight is 339 g/mol. The fraction of sp³-hybridized carbons (Fsp3) is 0.538. The van der Waals surface area contributed by atoms with Crippen molar-refractivity contribution in [3.05, 3.63) is 28.2 Å². The summed E-state index contributed by atoms with van der Waals surface area (Å²) in [5.41, 5.74) is 6.54. The lowest BCUT2D eigenvalue weighted by Crippen LogP contribution is -2.26. The second-order valence-electron chi connectivity index (χ2n) is 4.77. The number of phenols is 1. The Labute approximate surface area is 123 Å². The number of phenolic OH excluding ortho intramolecular Hbond substituents is 1. The molecular weight excluding hydrogens is 318 g/mol. The molecule has 0 amide bonds. The maximum atomic E-state index is 9.98. The number of halogens is 2. The van der Waals surface area contributed by atoms with Crippen molar-refractivity contribution in [2.24, 2.45) is 11.7 Å². The summed E-state index contributed by atoms with van der Waals surface area (Å²) in [5.74, 6) is 0.664. The molecule has 0 unspecified atom stereocenters. The number of nitrogens with two attached hydrogens (primary N) is 1. The Morgan fingerprint density at radius 3 is 2.44 bits per heavy atom. The van der Waals surface area contributed by atoms with Gasteiger partial charge >= 0.3 is 0 Å². The number of aliphatic hydroxyl groups excluding tert-OH is 1. The minimum atomic E-state index is -0.627. The maximum Gasteiger partial charge on any atom is 0.120 e. The molecule has 0 heterocycles. The summed E-state index contributed by atoms with van der Waals surface area (Å²) < 4.78 is 0.844. The van der Waals surface area contributed by atoms with Crippen molar-refractivity contribution in [3.63, 3.8) is 0 Å². The lowest BCUT2D eigenvalue weighted by molar-refractivity contribution is 0.127. The molecule has 0 saturated carbocycles. The van der Waals surface area contributed by atoms with Crippen LogP contribution in [-0.4, -0.2) is 16.3 Å². The molecular formula is C13H21BrClNO2. The largest absolute Gasteiger partial charge is 0.508 e. The first-order valence-corrected chi connectivity index (χ1v) is 6.63. The zero-order chi connectivity index (χ0) is 13.0. The summed E-state index contributed by atoms with van der Waals surface area (Å²) >= 11 is 3.33. The van der Waals surface area contributed by atoms with E-state index >= 15 is 0 Å². The summed E-state index contributed by atoms with van der Waals surface area (Å²) in [6, 6.07) is 4.52. The van der Waals surface area contributed by atoms with Gasteiger partial charge in [0, 0.05) is 10.0 Å². The zero-order valence-corrected chi connectivity index (χ0v) is 13.0. The van der Waals surface area contributed by atoms with Crippen LogP contribution in [-0.2, 0) is 0 Å². The van der Waals surface area contributed by atoms with Crippen LogP contribution in [0.25, 0.3) is 0 Å². The van der Waals surface area contributed by atoms with E-state index in [0.29, 0.717) is 17.9 Å². The van der Waals surface area contributed by atoms with Crippen LogP contribution in [0.15, 0.2) is 22.7 Å². The van der Waals surface area contributed by atoms with Crippen molar-refractivity contribution in [1.29, 1.82) is 0 Å². The normalized spacial score (nSPS) is 14.1. The summed E-state index contributed by atoms with van der Waals surface area (Å²) in [5, 5.41) is 19.7. The fourth-order valence-corrected chi connectivity index (χ4v) is 2.06. The van der Waals surface area contributed by atoms with Crippen molar-refractivity contribution in [3.8, 4) is 5.75 Å². The van der Waals surface area contributed by atoms with E-state index in [9.17, 15) is 10.2 Å². The first-order chi connectivity index (χ1) is 7.91. The van der Waals surface area contributed by atoms with Gasteiger partial charge in [0.05, 0.1) is 12.1 Å². The summed E-state index contributed by atoms with van der Waals surface area (Å²) in [6.07, 6.45) is 0.937. The van der Waals surface area contributed by atoms with Crippen molar-refractivity contribution >= 4 is 28.3 Å². The van der Waals surface area contributed by atoms with Gasteiger partial charge in [-0.3, -0.25) is 0 Å². The predicted octanol–water partition coefficient (Wildman–Crippen LogP) is 3.37. The Hall–Kier alpha value is -0.290. The Morgan fingerprint density at radius 2 is 1.89 bits per heavy atom. The van der Waals surface area contributed by atoms with E-state index < -0.39 is 12.1 Å². The van der Waals surface area contributed by atoms with Gasteiger partial charge in [-0.1, -0.05) is 29.8 Å². The van der Waals surface area contributed by atoms with Crippen LogP contribution >= 0.6 is 28.3 Å². The highest BCUT2D eigenvalue weighted by Gasteiger charge is 2.20. The molecule has 104 valence electrons. The molecule has 0 saturated heterocycles. The minimum absolute atomic E-state index is 0. The van der Waals surface area contributed by atoms with E-state index in [-0.39, 0.29) is 18.2 Å². The number of hydrogen-bond acceptors (Lipinski definition) is 3. The third-order valence-corrected chi connectivity index (χ3v) is 3.30. The molecule has 1 aromatic carbocycles. The Balaban J connectivity index is 0.00000289. The zero-order valence-electron chi connectivity index (χ0n) is 10.6. The average Bonchev–Trinajstić information content (AvgIpc) is 2.28. The minimum Gasteiger partial charge on any atom is -0.508 e. The van der Waals surface area contributed by atoms with Gasteiger partial charge in [0.2, 0.25) is 0 Å². The predicted molar refractivity (Wildman–Crippen MR) is 80.1 cm³/mol. The number of aromatic hydroxyl groups is 1. The van der Waals surface area contributed by atoms with E-state index in [0.717, 1.165) is 10.9 Å². The fourth-order valence-electron chi connectivity index (χ4n) is 1.68. The smallest absolute Gasteiger partial charge is 0.120 e. The highest BCUT2D eigenvalue weighted by molar-refractivity contribution is 9.10. The van der Waals surface area contributed by atoms with Gasteiger partial charge in [0.1, 0.15) is 5.75 Å². The van der Waals surface area contributed by atoms with Crippen molar-refractivity contribution in [2.45, 2.75) is 38.8 Å². The van der Waals surface area contributed by atoms with E-state index in [1.54, 1.807) is 18.2 Å². The molecule has 3 nitrogen and oxygen atoms in total. The van der Waals surface area contributed by atoms with E-state index in [2.05, 4.69) is 29.8 Å². The second kappa shape index (κ2) is 8.00. The molecule has 0 aliphatic carbocycles. The van der Waals surface area contributed by atoms with Gasteiger partial charge in [-0.05, 0) is 37.0 Å². The molecule has 18 heavy (non-hydrogen) atoms. The summed E-state index contributed by atoms with van der Waals surface area (Å²) in [7, 11) is 0. The third-order valence-electron chi connectivity index (χ3n) is 2.80.